The molecule has 1 aliphatic heterocycles. The van der Waals surface area contributed by atoms with E-state index in [2.05, 4.69) is 100 Å². The van der Waals surface area contributed by atoms with Crippen LogP contribution in [0.1, 0.15) is 27.7 Å². The Hall–Kier alpha value is -3.34. The predicted molar refractivity (Wildman–Crippen MR) is 140 cm³/mol. The van der Waals surface area contributed by atoms with Crippen molar-refractivity contribution in [3.05, 3.63) is 91.0 Å². The van der Waals surface area contributed by atoms with Crippen molar-refractivity contribution in [2.24, 2.45) is 0 Å². The van der Waals surface area contributed by atoms with Crippen LogP contribution in [-0.4, -0.2) is 18.3 Å². The molecule has 0 bridgehead atoms. The van der Waals surface area contributed by atoms with Crippen molar-refractivity contribution >= 4 is 34.3 Å². The topological polar surface area (TPSA) is 31.6 Å². The largest absolute Gasteiger partial charge is 0.494 e. The molecule has 0 amide bonds. The van der Waals surface area contributed by atoms with Gasteiger partial charge in [-0.25, -0.2) is 0 Å². The zero-order chi connectivity index (χ0) is 23.5. The molecular weight excluding hydrogens is 419 g/mol. The van der Waals surface area contributed by atoms with Gasteiger partial charge in [0.2, 0.25) is 0 Å². The summed E-state index contributed by atoms with van der Waals surface area (Å²) in [5.41, 5.74) is 4.53. The lowest BCUT2D eigenvalue weighted by Crippen LogP contribution is -2.41. The monoisotopic (exact) mass is 446 g/mol. The summed E-state index contributed by atoms with van der Waals surface area (Å²) in [4.78, 5) is 0. The number of fused-ring (bicyclic) bond motifs is 2. The molecule has 2 heterocycles. The van der Waals surface area contributed by atoms with Crippen molar-refractivity contribution in [1.82, 2.24) is 0 Å². The molecule has 0 unspecified atom stereocenters. The highest BCUT2D eigenvalue weighted by atomic mass is 16.7. The smallest absolute Gasteiger partial charge is 0.455 e. The molecule has 4 heteroatoms. The molecule has 0 N–H and O–H groups in total. The van der Waals surface area contributed by atoms with Gasteiger partial charge >= 0.3 is 7.12 Å². The Morgan fingerprint density at radius 2 is 1.35 bits per heavy atom. The van der Waals surface area contributed by atoms with E-state index in [1.54, 1.807) is 0 Å². The van der Waals surface area contributed by atoms with Gasteiger partial charge in [0.05, 0.1) is 11.2 Å². The van der Waals surface area contributed by atoms with E-state index >= 15 is 0 Å². The van der Waals surface area contributed by atoms with Gasteiger partial charge in [-0.15, -0.1) is 0 Å². The summed E-state index contributed by atoms with van der Waals surface area (Å²) in [6, 6.07) is 31.5. The summed E-state index contributed by atoms with van der Waals surface area (Å²) in [6.45, 7) is 8.33. The first kappa shape index (κ1) is 21.2. The lowest BCUT2D eigenvalue weighted by molar-refractivity contribution is 0.00578. The Kier molecular flexibility index (Phi) is 4.74. The zero-order valence-corrected chi connectivity index (χ0v) is 20.0. The quantitative estimate of drug-likeness (QED) is 0.274. The first-order valence-corrected chi connectivity index (χ1v) is 11.8. The molecule has 1 fully saturated rings. The SMILES string of the molecule is CC1(C)OB(c2ccc3c(-c4oc5ccccc5c4-c4ccccc4)cccc3c2)OC1(C)C. The van der Waals surface area contributed by atoms with Gasteiger partial charge in [0.15, 0.2) is 0 Å². The Balaban J connectivity index is 1.51. The van der Waals surface area contributed by atoms with Crippen LogP contribution in [0.4, 0.5) is 0 Å². The minimum absolute atomic E-state index is 0.368. The molecule has 168 valence electrons. The van der Waals surface area contributed by atoms with Crippen LogP contribution >= 0.6 is 0 Å². The lowest BCUT2D eigenvalue weighted by Gasteiger charge is -2.32. The molecular formula is C30H27BO3. The van der Waals surface area contributed by atoms with Crippen LogP contribution in [0.2, 0.25) is 0 Å². The maximum atomic E-state index is 6.48. The van der Waals surface area contributed by atoms with Crippen molar-refractivity contribution in [2.75, 3.05) is 0 Å². The zero-order valence-electron chi connectivity index (χ0n) is 20.0. The lowest BCUT2D eigenvalue weighted by atomic mass is 9.78. The summed E-state index contributed by atoms with van der Waals surface area (Å²) in [5, 5.41) is 3.39. The van der Waals surface area contributed by atoms with Crippen molar-refractivity contribution in [3.63, 3.8) is 0 Å². The number of benzene rings is 4. The highest BCUT2D eigenvalue weighted by Crippen LogP contribution is 2.43. The third-order valence-electron chi connectivity index (χ3n) is 7.33. The summed E-state index contributed by atoms with van der Waals surface area (Å²) in [7, 11) is -0.385. The van der Waals surface area contributed by atoms with Crippen LogP contribution in [0.15, 0.2) is 95.4 Å². The fourth-order valence-corrected chi connectivity index (χ4v) is 4.75. The second-order valence-corrected chi connectivity index (χ2v) is 10.0. The van der Waals surface area contributed by atoms with E-state index in [1.165, 1.54) is 0 Å². The highest BCUT2D eigenvalue weighted by molar-refractivity contribution is 6.62. The van der Waals surface area contributed by atoms with Gasteiger partial charge in [-0.2, -0.15) is 0 Å². The van der Waals surface area contributed by atoms with Gasteiger partial charge in [0.1, 0.15) is 11.3 Å². The number of rotatable bonds is 3. The Morgan fingerprint density at radius 3 is 2.12 bits per heavy atom. The number of hydrogen-bond donors (Lipinski definition) is 0. The van der Waals surface area contributed by atoms with E-state index in [0.717, 1.165) is 49.7 Å². The van der Waals surface area contributed by atoms with Crippen molar-refractivity contribution < 1.29 is 13.7 Å². The average Bonchev–Trinajstić information content (AvgIpc) is 3.32. The number of para-hydroxylation sites is 1. The molecule has 3 nitrogen and oxygen atoms in total. The van der Waals surface area contributed by atoms with Crippen molar-refractivity contribution in [1.29, 1.82) is 0 Å². The summed E-state index contributed by atoms with van der Waals surface area (Å²) >= 11 is 0. The summed E-state index contributed by atoms with van der Waals surface area (Å²) < 4.78 is 19.1. The molecule has 4 aromatic carbocycles. The molecule has 0 atom stereocenters. The molecule has 0 aliphatic carbocycles. The molecule has 6 rings (SSSR count). The van der Waals surface area contributed by atoms with E-state index in [0.29, 0.717) is 0 Å². The van der Waals surface area contributed by atoms with Gasteiger partial charge in [-0.3, -0.25) is 0 Å². The standard InChI is InChI=1S/C30H27BO3/c1-29(2)30(3,4)34-31(33-29)22-17-18-23-21(19-22)13-10-15-24(23)28-27(20-11-6-5-7-12-20)25-14-8-9-16-26(25)32-28/h5-19H,1-4H3. The molecule has 0 spiro atoms. The molecule has 0 saturated carbocycles. The average molecular weight is 446 g/mol. The van der Waals surface area contributed by atoms with Gasteiger partial charge < -0.3 is 13.7 Å². The predicted octanol–water partition coefficient (Wildman–Crippen LogP) is 7.22. The molecule has 34 heavy (non-hydrogen) atoms. The van der Waals surface area contributed by atoms with E-state index in [1.807, 2.05) is 18.2 Å². The number of hydrogen-bond acceptors (Lipinski definition) is 3. The molecule has 5 aromatic rings. The highest BCUT2D eigenvalue weighted by Gasteiger charge is 2.51. The second-order valence-electron chi connectivity index (χ2n) is 10.0. The minimum atomic E-state index is -0.385. The van der Waals surface area contributed by atoms with Crippen LogP contribution in [0.5, 0.6) is 0 Å². The normalized spacial score (nSPS) is 17.0. The third-order valence-corrected chi connectivity index (χ3v) is 7.33. The first-order chi connectivity index (χ1) is 16.3. The Bertz CT molecular complexity index is 1500. The minimum Gasteiger partial charge on any atom is -0.455 e. The molecule has 0 radical (unpaired) electrons. The molecule has 1 saturated heterocycles. The van der Waals surface area contributed by atoms with Crippen LogP contribution < -0.4 is 5.46 Å². The fourth-order valence-electron chi connectivity index (χ4n) is 4.75. The van der Waals surface area contributed by atoms with E-state index in [9.17, 15) is 0 Å². The Morgan fingerprint density at radius 1 is 0.647 bits per heavy atom. The Labute approximate surface area is 200 Å². The van der Waals surface area contributed by atoms with Gasteiger partial charge in [-0.05, 0) is 55.6 Å². The van der Waals surface area contributed by atoms with Gasteiger partial charge in [0, 0.05) is 16.5 Å². The van der Waals surface area contributed by atoms with Crippen LogP contribution in [0.3, 0.4) is 0 Å². The summed E-state index contributed by atoms with van der Waals surface area (Å²) in [6.07, 6.45) is 0. The molecule has 1 aliphatic rings. The van der Waals surface area contributed by atoms with Crippen LogP contribution in [0.25, 0.3) is 44.2 Å². The van der Waals surface area contributed by atoms with E-state index in [4.69, 9.17) is 13.7 Å². The third kappa shape index (κ3) is 3.29. The molecule has 1 aromatic heterocycles. The van der Waals surface area contributed by atoms with Crippen LogP contribution in [-0.2, 0) is 9.31 Å². The van der Waals surface area contributed by atoms with E-state index in [-0.39, 0.29) is 18.3 Å². The van der Waals surface area contributed by atoms with Gasteiger partial charge in [0.25, 0.3) is 0 Å². The number of furan rings is 1. The van der Waals surface area contributed by atoms with Crippen molar-refractivity contribution in [2.45, 2.75) is 38.9 Å². The maximum Gasteiger partial charge on any atom is 0.494 e. The van der Waals surface area contributed by atoms with Gasteiger partial charge in [-0.1, -0.05) is 84.9 Å². The van der Waals surface area contributed by atoms with E-state index < -0.39 is 0 Å². The van der Waals surface area contributed by atoms with Crippen molar-refractivity contribution in [3.8, 4) is 22.5 Å². The second kappa shape index (κ2) is 7.59. The first-order valence-electron chi connectivity index (χ1n) is 11.8. The van der Waals surface area contributed by atoms with Crippen LogP contribution in [0, 0.1) is 0 Å². The summed E-state index contributed by atoms with van der Waals surface area (Å²) in [5.74, 6) is 0.890. The fraction of sp³-hybridized carbons (Fsp3) is 0.200. The maximum absolute atomic E-state index is 6.48.